The van der Waals surface area contributed by atoms with E-state index in [0.29, 0.717) is 0 Å². The maximum absolute atomic E-state index is 3.54. The first-order chi connectivity index (χ1) is 11.1. The third-order valence-electron chi connectivity index (χ3n) is 3.68. The fourth-order valence-electron chi connectivity index (χ4n) is 2.44. The zero-order chi connectivity index (χ0) is 16.7. The third kappa shape index (κ3) is 5.58. The van der Waals surface area contributed by atoms with Gasteiger partial charge in [0.15, 0.2) is 0 Å². The lowest BCUT2D eigenvalue weighted by Crippen LogP contribution is -3.06. The molecule has 124 valence electrons. The van der Waals surface area contributed by atoms with Crippen LogP contribution in [0.5, 0.6) is 0 Å². The summed E-state index contributed by atoms with van der Waals surface area (Å²) in [5, 5.41) is 7.08. The third-order valence-corrected chi connectivity index (χ3v) is 3.68. The molecule has 0 bridgehead atoms. The molecule has 0 aliphatic heterocycles. The van der Waals surface area contributed by atoms with Gasteiger partial charge < -0.3 is 20.4 Å². The van der Waals surface area contributed by atoms with E-state index in [2.05, 4.69) is 87.4 Å². The van der Waals surface area contributed by atoms with Gasteiger partial charge in [-0.1, -0.05) is 36.4 Å². The van der Waals surface area contributed by atoms with Gasteiger partial charge in [-0.2, -0.15) is 0 Å². The van der Waals surface area contributed by atoms with Crippen molar-refractivity contribution in [2.24, 2.45) is 0 Å². The average molecular weight is 314 g/mol. The maximum atomic E-state index is 3.54. The van der Waals surface area contributed by atoms with Gasteiger partial charge in [-0.15, -0.1) is 0 Å². The largest absolute Gasteiger partial charge is 0.339 e. The van der Waals surface area contributed by atoms with E-state index >= 15 is 0 Å². The Morgan fingerprint density at radius 2 is 1.04 bits per heavy atom. The van der Waals surface area contributed by atoms with E-state index < -0.39 is 0 Å². The van der Waals surface area contributed by atoms with Crippen molar-refractivity contribution in [3.8, 4) is 0 Å². The van der Waals surface area contributed by atoms with E-state index in [-0.39, 0.29) is 0 Å². The van der Waals surface area contributed by atoms with E-state index in [9.17, 15) is 0 Å². The summed E-state index contributed by atoms with van der Waals surface area (Å²) in [4.78, 5) is 2.77. The van der Waals surface area contributed by atoms with Crippen LogP contribution in [0.25, 0.3) is 0 Å². The Kier molecular flexibility index (Phi) is 6.44. The van der Waals surface area contributed by atoms with Crippen LogP contribution in [0.4, 0.5) is 11.4 Å². The highest BCUT2D eigenvalue weighted by molar-refractivity contribution is 5.57. The molecule has 0 unspecified atom stereocenters. The molecule has 0 saturated heterocycles. The molecule has 23 heavy (non-hydrogen) atoms. The highest BCUT2D eigenvalue weighted by atomic mass is 15.2. The molecule has 0 atom stereocenters. The fraction of sp³-hybridized carbons (Fsp3) is 0.368. The number of quaternary nitrogens is 2. The Balaban J connectivity index is 2.16. The van der Waals surface area contributed by atoms with E-state index in [1.807, 2.05) is 0 Å². The second-order valence-corrected chi connectivity index (χ2v) is 6.61. The maximum Gasteiger partial charge on any atom is 0.150 e. The van der Waals surface area contributed by atoms with Gasteiger partial charge in [-0.25, -0.2) is 0 Å². The van der Waals surface area contributed by atoms with E-state index in [1.54, 1.807) is 0 Å². The summed E-state index contributed by atoms with van der Waals surface area (Å²) >= 11 is 0. The lowest BCUT2D eigenvalue weighted by atomic mass is 10.0. The van der Waals surface area contributed by atoms with Crippen LogP contribution < -0.4 is 20.4 Å². The van der Waals surface area contributed by atoms with Gasteiger partial charge in [0.1, 0.15) is 13.3 Å². The summed E-state index contributed by atoms with van der Waals surface area (Å²) in [5.41, 5.74) is 5.11. The van der Waals surface area contributed by atoms with Gasteiger partial charge in [-0.05, 0) is 23.3 Å². The summed E-state index contributed by atoms with van der Waals surface area (Å²) in [5.74, 6) is 0. The van der Waals surface area contributed by atoms with E-state index in [1.165, 1.54) is 32.3 Å². The lowest BCUT2D eigenvalue weighted by Gasteiger charge is -2.17. The number of para-hydroxylation sites is 2. The molecular formula is C19H30N4+2. The quantitative estimate of drug-likeness (QED) is 0.529. The van der Waals surface area contributed by atoms with Gasteiger partial charge in [0.05, 0.1) is 28.2 Å². The molecule has 0 fully saturated rings. The number of hydrogen-bond acceptors (Lipinski definition) is 2. The van der Waals surface area contributed by atoms with Crippen LogP contribution in [0.2, 0.25) is 0 Å². The molecule has 4 heteroatoms. The number of benzene rings is 2. The zero-order valence-electron chi connectivity index (χ0n) is 14.7. The van der Waals surface area contributed by atoms with Crippen molar-refractivity contribution in [3.63, 3.8) is 0 Å². The van der Waals surface area contributed by atoms with Gasteiger partial charge in [-0.3, -0.25) is 0 Å². The minimum absolute atomic E-state index is 0.918. The average Bonchev–Trinajstić information content (AvgIpc) is 2.53. The van der Waals surface area contributed by atoms with Crippen molar-refractivity contribution in [2.45, 2.75) is 6.42 Å². The highest BCUT2D eigenvalue weighted by Gasteiger charge is 2.08. The van der Waals surface area contributed by atoms with Crippen molar-refractivity contribution in [1.29, 1.82) is 0 Å². The Labute approximate surface area is 140 Å². The zero-order valence-corrected chi connectivity index (χ0v) is 14.7. The Morgan fingerprint density at radius 1 is 0.652 bits per heavy atom. The van der Waals surface area contributed by atoms with Gasteiger partial charge in [0.2, 0.25) is 0 Å². The van der Waals surface area contributed by atoms with E-state index in [0.717, 1.165) is 19.8 Å². The first-order valence-corrected chi connectivity index (χ1v) is 8.28. The summed E-state index contributed by atoms with van der Waals surface area (Å²) in [7, 11) is 8.60. The van der Waals surface area contributed by atoms with Crippen LogP contribution in [-0.2, 0) is 6.42 Å². The molecule has 4 nitrogen and oxygen atoms in total. The predicted octanol–water partition coefficient (Wildman–Crippen LogP) is 0.305. The first-order valence-electron chi connectivity index (χ1n) is 8.28. The van der Waals surface area contributed by atoms with Crippen LogP contribution in [0, 0.1) is 0 Å². The number of hydrogen-bond donors (Lipinski definition) is 4. The van der Waals surface area contributed by atoms with Crippen molar-refractivity contribution in [1.82, 2.24) is 0 Å². The minimum atomic E-state index is 0.918. The minimum Gasteiger partial charge on any atom is -0.339 e. The summed E-state index contributed by atoms with van der Waals surface area (Å²) in [6.45, 7) is 1.84. The standard InChI is InChI=1S/C19H28N4/c1-22(2)14-20-18-11-7-5-9-16(18)13-17-10-6-8-12-19(17)21-15-23(3)4/h5-12,20-21H,13-15H2,1-4H3/p+2. The van der Waals surface area contributed by atoms with Crippen molar-refractivity contribution < 1.29 is 9.80 Å². The molecule has 0 aromatic heterocycles. The fourth-order valence-corrected chi connectivity index (χ4v) is 2.44. The second-order valence-electron chi connectivity index (χ2n) is 6.61. The molecule has 0 aliphatic rings. The predicted molar refractivity (Wildman–Crippen MR) is 98.3 cm³/mol. The first kappa shape index (κ1) is 17.3. The highest BCUT2D eigenvalue weighted by Crippen LogP contribution is 2.23. The van der Waals surface area contributed by atoms with Crippen LogP contribution in [0.1, 0.15) is 11.1 Å². The molecule has 0 amide bonds. The van der Waals surface area contributed by atoms with Crippen LogP contribution in [-0.4, -0.2) is 41.5 Å². The lowest BCUT2D eigenvalue weighted by molar-refractivity contribution is -0.854. The molecule has 0 spiro atoms. The van der Waals surface area contributed by atoms with Gasteiger partial charge in [0, 0.05) is 17.8 Å². The molecular weight excluding hydrogens is 284 g/mol. The van der Waals surface area contributed by atoms with Crippen molar-refractivity contribution in [3.05, 3.63) is 59.7 Å². The Bertz CT molecular complexity index is 554. The van der Waals surface area contributed by atoms with Crippen LogP contribution >= 0.6 is 0 Å². The normalized spacial score (nSPS) is 11.0. The summed E-state index contributed by atoms with van der Waals surface area (Å²) < 4.78 is 0. The number of anilines is 2. The SMILES string of the molecule is C[NH+](C)CNc1ccccc1Cc1ccccc1NC[NH+](C)C. The summed E-state index contributed by atoms with van der Waals surface area (Å²) in [6, 6.07) is 17.2. The van der Waals surface area contributed by atoms with Crippen molar-refractivity contribution >= 4 is 11.4 Å². The number of nitrogens with one attached hydrogen (secondary N) is 4. The van der Waals surface area contributed by atoms with Crippen LogP contribution in [0.15, 0.2) is 48.5 Å². The second kappa shape index (κ2) is 8.56. The topological polar surface area (TPSA) is 32.9 Å². The molecule has 0 radical (unpaired) electrons. The van der Waals surface area contributed by atoms with Crippen molar-refractivity contribution in [2.75, 3.05) is 52.2 Å². The Morgan fingerprint density at radius 3 is 1.43 bits per heavy atom. The summed E-state index contributed by atoms with van der Waals surface area (Å²) in [6.07, 6.45) is 0.928. The molecule has 2 aromatic rings. The Hall–Kier alpha value is -2.04. The van der Waals surface area contributed by atoms with E-state index in [4.69, 9.17) is 0 Å². The molecule has 2 aromatic carbocycles. The van der Waals surface area contributed by atoms with Gasteiger partial charge >= 0.3 is 0 Å². The van der Waals surface area contributed by atoms with Gasteiger partial charge in [0.25, 0.3) is 0 Å². The molecule has 2 rings (SSSR count). The van der Waals surface area contributed by atoms with Crippen LogP contribution in [0.3, 0.4) is 0 Å². The smallest absolute Gasteiger partial charge is 0.150 e. The monoisotopic (exact) mass is 314 g/mol. The number of rotatable bonds is 8. The molecule has 0 saturated carbocycles. The molecule has 0 heterocycles. The molecule has 4 N–H and O–H groups in total. The molecule has 0 aliphatic carbocycles.